The van der Waals surface area contributed by atoms with E-state index in [2.05, 4.69) is 0 Å². The Bertz CT molecular complexity index is 446. The van der Waals surface area contributed by atoms with Crippen LogP contribution < -0.4 is 5.73 Å². The minimum absolute atomic E-state index is 0.429. The number of hydrogen-bond acceptors (Lipinski definition) is 2. The van der Waals surface area contributed by atoms with E-state index in [4.69, 9.17) is 11.0 Å². The van der Waals surface area contributed by atoms with Gasteiger partial charge in [-0.3, -0.25) is 0 Å². The van der Waals surface area contributed by atoms with Crippen molar-refractivity contribution < 1.29 is 22.0 Å². The topological polar surface area (TPSA) is 49.8 Å². The molecule has 0 aromatic heterocycles. The summed E-state index contributed by atoms with van der Waals surface area (Å²) in [4.78, 5) is 0. The van der Waals surface area contributed by atoms with Gasteiger partial charge in [-0.15, -0.1) is 0 Å². The molecule has 86 valence electrons. The molecule has 0 amide bonds. The fraction of sp³-hybridized carbons (Fsp3) is 0.222. The number of nitrogens with zero attached hydrogens (tertiary/aromatic N) is 1. The molecule has 1 atom stereocenters. The Balaban J connectivity index is 3.46. The average molecular weight is 236 g/mol. The summed E-state index contributed by atoms with van der Waals surface area (Å²) >= 11 is 0. The van der Waals surface area contributed by atoms with E-state index in [-0.39, 0.29) is 0 Å². The van der Waals surface area contributed by atoms with E-state index < -0.39 is 35.0 Å². The van der Waals surface area contributed by atoms with E-state index in [1.54, 1.807) is 0 Å². The van der Waals surface area contributed by atoms with Crippen LogP contribution in [0.4, 0.5) is 22.0 Å². The SMILES string of the molecule is N#CC(N)c1ccc(F)c(C(F)(F)F)c1F. The van der Waals surface area contributed by atoms with Gasteiger partial charge in [0.1, 0.15) is 23.2 Å². The molecule has 0 heterocycles. The summed E-state index contributed by atoms with van der Waals surface area (Å²) < 4.78 is 62.8. The smallest absolute Gasteiger partial charge is 0.312 e. The molecule has 16 heavy (non-hydrogen) atoms. The molecule has 0 bridgehead atoms. The van der Waals surface area contributed by atoms with Crippen LogP contribution in [0.15, 0.2) is 12.1 Å². The molecular formula is C9H5F5N2. The molecule has 0 spiro atoms. The first-order valence-electron chi connectivity index (χ1n) is 3.99. The van der Waals surface area contributed by atoms with E-state index in [1.807, 2.05) is 0 Å². The Labute approximate surface area is 87.1 Å². The number of benzene rings is 1. The van der Waals surface area contributed by atoms with E-state index in [1.165, 1.54) is 6.07 Å². The van der Waals surface area contributed by atoms with Crippen LogP contribution in [-0.2, 0) is 6.18 Å². The van der Waals surface area contributed by atoms with E-state index in [0.29, 0.717) is 12.1 Å². The molecule has 0 aliphatic carbocycles. The lowest BCUT2D eigenvalue weighted by molar-refractivity contribution is -0.142. The Morgan fingerprint density at radius 2 is 1.81 bits per heavy atom. The summed E-state index contributed by atoms with van der Waals surface area (Å²) in [7, 11) is 0. The molecule has 0 saturated carbocycles. The predicted octanol–water partition coefficient (Wildman–Crippen LogP) is 2.51. The molecule has 0 radical (unpaired) electrons. The van der Waals surface area contributed by atoms with Crippen molar-refractivity contribution in [3.63, 3.8) is 0 Å². The van der Waals surface area contributed by atoms with Crippen molar-refractivity contribution in [3.05, 3.63) is 34.9 Å². The minimum Gasteiger partial charge on any atom is -0.312 e. The van der Waals surface area contributed by atoms with Crippen LogP contribution in [0, 0.1) is 23.0 Å². The van der Waals surface area contributed by atoms with E-state index >= 15 is 0 Å². The van der Waals surface area contributed by atoms with Crippen molar-refractivity contribution in [3.8, 4) is 6.07 Å². The summed E-state index contributed by atoms with van der Waals surface area (Å²) in [5, 5.41) is 8.36. The van der Waals surface area contributed by atoms with Gasteiger partial charge in [0.05, 0.1) is 6.07 Å². The van der Waals surface area contributed by atoms with E-state index in [9.17, 15) is 22.0 Å². The standard InChI is InChI=1S/C9H5F5N2/c10-5-2-1-4(6(16)3-15)8(11)7(5)9(12,13)14/h1-2,6H,16H2. The first-order valence-corrected chi connectivity index (χ1v) is 3.99. The maximum Gasteiger partial charge on any atom is 0.422 e. The second-order valence-corrected chi connectivity index (χ2v) is 2.93. The van der Waals surface area contributed by atoms with Crippen molar-refractivity contribution in [1.82, 2.24) is 0 Å². The van der Waals surface area contributed by atoms with Gasteiger partial charge in [0.2, 0.25) is 0 Å². The van der Waals surface area contributed by atoms with Crippen LogP contribution in [0.1, 0.15) is 17.2 Å². The molecule has 1 unspecified atom stereocenters. The van der Waals surface area contributed by atoms with Gasteiger partial charge in [0.15, 0.2) is 0 Å². The predicted molar refractivity (Wildman–Crippen MR) is 43.9 cm³/mol. The highest BCUT2D eigenvalue weighted by molar-refractivity contribution is 5.33. The van der Waals surface area contributed by atoms with Gasteiger partial charge in [-0.1, -0.05) is 6.07 Å². The third-order valence-corrected chi connectivity index (χ3v) is 1.88. The summed E-state index contributed by atoms with van der Waals surface area (Å²) in [5.74, 6) is -3.58. The summed E-state index contributed by atoms with van der Waals surface area (Å²) in [5.41, 5.74) is 2.35. The Morgan fingerprint density at radius 1 is 1.25 bits per heavy atom. The maximum atomic E-state index is 13.3. The van der Waals surface area contributed by atoms with Crippen LogP contribution >= 0.6 is 0 Å². The van der Waals surface area contributed by atoms with Gasteiger partial charge in [0, 0.05) is 5.56 Å². The van der Waals surface area contributed by atoms with Crippen LogP contribution in [0.3, 0.4) is 0 Å². The number of nitrogens with two attached hydrogens (primary N) is 1. The Hall–Kier alpha value is -1.68. The van der Waals surface area contributed by atoms with Gasteiger partial charge in [-0.25, -0.2) is 8.78 Å². The van der Waals surface area contributed by atoms with Gasteiger partial charge < -0.3 is 5.73 Å². The summed E-state index contributed by atoms with van der Waals surface area (Å²) in [6.07, 6.45) is -5.17. The molecule has 1 aromatic rings. The fourth-order valence-corrected chi connectivity index (χ4v) is 1.14. The monoisotopic (exact) mass is 236 g/mol. The number of rotatable bonds is 1. The highest BCUT2D eigenvalue weighted by Gasteiger charge is 2.39. The molecular weight excluding hydrogens is 231 g/mol. The van der Waals surface area contributed by atoms with E-state index in [0.717, 1.165) is 0 Å². The molecule has 2 nitrogen and oxygen atoms in total. The van der Waals surface area contributed by atoms with Gasteiger partial charge in [0.25, 0.3) is 0 Å². The zero-order valence-electron chi connectivity index (χ0n) is 7.65. The lowest BCUT2D eigenvalue weighted by Gasteiger charge is -2.13. The normalized spacial score (nSPS) is 13.3. The number of nitriles is 1. The number of alkyl halides is 3. The molecule has 0 fully saturated rings. The third-order valence-electron chi connectivity index (χ3n) is 1.88. The Kier molecular flexibility index (Phi) is 3.14. The third kappa shape index (κ3) is 2.12. The summed E-state index contributed by atoms with van der Waals surface area (Å²) in [6, 6.07) is 0.945. The van der Waals surface area contributed by atoms with Crippen LogP contribution in [0.5, 0.6) is 0 Å². The van der Waals surface area contributed by atoms with Gasteiger partial charge in [-0.05, 0) is 6.07 Å². The molecule has 1 rings (SSSR count). The fourth-order valence-electron chi connectivity index (χ4n) is 1.14. The molecule has 7 heteroatoms. The first kappa shape index (κ1) is 12.4. The lowest BCUT2D eigenvalue weighted by atomic mass is 10.0. The minimum atomic E-state index is -5.17. The van der Waals surface area contributed by atoms with Gasteiger partial charge in [-0.2, -0.15) is 18.4 Å². The van der Waals surface area contributed by atoms with Crippen molar-refractivity contribution in [2.45, 2.75) is 12.2 Å². The van der Waals surface area contributed by atoms with Crippen molar-refractivity contribution in [1.29, 1.82) is 5.26 Å². The number of hydrogen-bond donors (Lipinski definition) is 1. The first-order chi connectivity index (χ1) is 7.29. The van der Waals surface area contributed by atoms with Crippen LogP contribution in [-0.4, -0.2) is 0 Å². The van der Waals surface area contributed by atoms with Crippen molar-refractivity contribution >= 4 is 0 Å². The van der Waals surface area contributed by atoms with Crippen LogP contribution in [0.2, 0.25) is 0 Å². The number of halogens is 5. The van der Waals surface area contributed by atoms with Crippen LogP contribution in [0.25, 0.3) is 0 Å². The second-order valence-electron chi connectivity index (χ2n) is 2.93. The molecule has 0 aliphatic rings. The molecule has 0 aliphatic heterocycles. The van der Waals surface area contributed by atoms with Gasteiger partial charge >= 0.3 is 6.18 Å². The Morgan fingerprint density at radius 3 is 2.25 bits per heavy atom. The zero-order valence-corrected chi connectivity index (χ0v) is 7.65. The second kappa shape index (κ2) is 4.06. The molecule has 2 N–H and O–H groups in total. The summed E-state index contributed by atoms with van der Waals surface area (Å²) in [6.45, 7) is 0. The van der Waals surface area contributed by atoms with Crippen molar-refractivity contribution in [2.24, 2.45) is 5.73 Å². The molecule has 1 aromatic carbocycles. The van der Waals surface area contributed by atoms with Crippen molar-refractivity contribution in [2.75, 3.05) is 0 Å². The highest BCUT2D eigenvalue weighted by atomic mass is 19.4. The highest BCUT2D eigenvalue weighted by Crippen LogP contribution is 2.35. The maximum absolute atomic E-state index is 13.3. The zero-order chi connectivity index (χ0) is 12.5. The quantitative estimate of drug-likeness (QED) is 0.761. The largest absolute Gasteiger partial charge is 0.422 e. The molecule has 0 saturated heterocycles. The average Bonchev–Trinajstić information content (AvgIpc) is 2.14. The lowest BCUT2D eigenvalue weighted by Crippen LogP contribution is -2.17.